The van der Waals surface area contributed by atoms with Gasteiger partial charge in [-0.3, -0.25) is 9.69 Å². The number of phenolic OH excluding ortho intramolecular Hbond substituents is 1. The number of ether oxygens (including phenoxy) is 1. The summed E-state index contributed by atoms with van der Waals surface area (Å²) in [5.41, 5.74) is 2.63. The molecular formula is C31H37F3N6O3. The molecule has 0 unspecified atom stereocenters. The first-order valence-corrected chi connectivity index (χ1v) is 14.9. The van der Waals surface area contributed by atoms with E-state index in [4.69, 9.17) is 14.7 Å². The van der Waals surface area contributed by atoms with Crippen LogP contribution in [0.2, 0.25) is 0 Å². The van der Waals surface area contributed by atoms with Gasteiger partial charge in [-0.05, 0) is 51.1 Å². The minimum absolute atomic E-state index is 0.0415. The van der Waals surface area contributed by atoms with Gasteiger partial charge in [-0.2, -0.15) is 23.1 Å². The molecule has 0 aliphatic carbocycles. The molecule has 230 valence electrons. The number of carbonyl (C=O) groups excluding carboxylic acids is 1. The molecule has 6 rings (SSSR count). The molecule has 3 aliphatic rings. The lowest BCUT2D eigenvalue weighted by atomic mass is 10.0. The zero-order valence-electron chi connectivity index (χ0n) is 24.5. The van der Waals surface area contributed by atoms with Crippen LogP contribution in [-0.2, 0) is 17.8 Å². The number of piperazine rings is 1. The smallest absolute Gasteiger partial charge is 0.471 e. The molecule has 1 amide bonds. The summed E-state index contributed by atoms with van der Waals surface area (Å²) < 4.78 is 45.4. The van der Waals surface area contributed by atoms with Crippen molar-refractivity contribution in [3.05, 3.63) is 47.7 Å². The molecule has 43 heavy (non-hydrogen) atoms. The Hall–Kier alpha value is -3.80. The fourth-order valence-corrected chi connectivity index (χ4v) is 6.65. The van der Waals surface area contributed by atoms with E-state index in [0.29, 0.717) is 38.0 Å². The van der Waals surface area contributed by atoms with E-state index < -0.39 is 12.1 Å². The molecule has 4 heterocycles. The van der Waals surface area contributed by atoms with Crippen LogP contribution in [0, 0.1) is 0 Å². The van der Waals surface area contributed by atoms with Gasteiger partial charge in [0, 0.05) is 67.5 Å². The molecule has 0 bridgehead atoms. The number of nitrogens with zero attached hydrogens (tertiary/aromatic N) is 6. The van der Waals surface area contributed by atoms with Gasteiger partial charge in [0.25, 0.3) is 0 Å². The number of amides is 1. The van der Waals surface area contributed by atoms with Gasteiger partial charge in [0.1, 0.15) is 18.2 Å². The molecule has 0 spiro atoms. The van der Waals surface area contributed by atoms with E-state index in [9.17, 15) is 23.1 Å². The molecule has 12 heteroatoms. The third-order valence-electron chi connectivity index (χ3n) is 8.79. The van der Waals surface area contributed by atoms with E-state index >= 15 is 0 Å². The highest BCUT2D eigenvalue weighted by atomic mass is 19.4. The number of benzene rings is 2. The van der Waals surface area contributed by atoms with Gasteiger partial charge >= 0.3 is 18.1 Å². The minimum Gasteiger partial charge on any atom is -0.508 e. The number of phenols is 1. The molecule has 9 nitrogen and oxygen atoms in total. The highest BCUT2D eigenvalue weighted by molar-refractivity contribution is 5.95. The van der Waals surface area contributed by atoms with Crippen LogP contribution in [0.5, 0.6) is 11.8 Å². The largest absolute Gasteiger partial charge is 0.508 e. The number of fused-ring (bicyclic) bond motifs is 2. The topological polar surface area (TPSA) is 85.3 Å². The van der Waals surface area contributed by atoms with Crippen LogP contribution in [-0.4, -0.2) is 94.9 Å². The highest BCUT2D eigenvalue weighted by Crippen LogP contribution is 2.36. The maximum absolute atomic E-state index is 13.1. The molecule has 3 aromatic rings. The molecule has 1 aromatic heterocycles. The van der Waals surface area contributed by atoms with Crippen molar-refractivity contribution in [2.24, 2.45) is 0 Å². The fourth-order valence-electron chi connectivity index (χ4n) is 6.65. The van der Waals surface area contributed by atoms with E-state index in [2.05, 4.69) is 23.6 Å². The molecule has 1 N–H and O–H groups in total. The van der Waals surface area contributed by atoms with Gasteiger partial charge in [-0.25, -0.2) is 0 Å². The fraction of sp³-hybridized carbons (Fsp3) is 0.516. The summed E-state index contributed by atoms with van der Waals surface area (Å²) in [5.74, 6) is -0.961. The van der Waals surface area contributed by atoms with Crippen LogP contribution in [0.1, 0.15) is 37.9 Å². The Balaban J connectivity index is 1.29. The predicted molar refractivity (Wildman–Crippen MR) is 158 cm³/mol. The summed E-state index contributed by atoms with van der Waals surface area (Å²) in [5, 5.41) is 12.4. The third kappa shape index (κ3) is 6.02. The summed E-state index contributed by atoms with van der Waals surface area (Å²) in [4.78, 5) is 28.9. The number of halogens is 3. The monoisotopic (exact) mass is 598 g/mol. The van der Waals surface area contributed by atoms with Crippen molar-refractivity contribution in [3.8, 4) is 11.8 Å². The van der Waals surface area contributed by atoms with Crippen LogP contribution in [0.25, 0.3) is 10.8 Å². The number of carbonyl (C=O) groups is 1. The molecule has 0 saturated carbocycles. The Morgan fingerprint density at radius 1 is 1.05 bits per heavy atom. The number of alkyl halides is 3. The lowest BCUT2D eigenvalue weighted by Crippen LogP contribution is -2.53. The van der Waals surface area contributed by atoms with Crippen LogP contribution < -0.4 is 14.5 Å². The van der Waals surface area contributed by atoms with Gasteiger partial charge in [0.15, 0.2) is 0 Å². The molecular weight excluding hydrogens is 561 g/mol. The molecule has 3 aliphatic heterocycles. The summed E-state index contributed by atoms with van der Waals surface area (Å²) in [7, 11) is 0. The molecule has 1 atom stereocenters. The second-order valence-electron chi connectivity index (χ2n) is 11.8. The van der Waals surface area contributed by atoms with Gasteiger partial charge < -0.3 is 24.5 Å². The van der Waals surface area contributed by atoms with Crippen molar-refractivity contribution >= 4 is 28.2 Å². The first kappa shape index (κ1) is 29.3. The second kappa shape index (κ2) is 11.7. The van der Waals surface area contributed by atoms with Crippen LogP contribution >= 0.6 is 0 Å². The van der Waals surface area contributed by atoms with E-state index in [-0.39, 0.29) is 44.0 Å². The Morgan fingerprint density at radius 3 is 2.56 bits per heavy atom. The average Bonchev–Trinajstić information content (AvgIpc) is 3.47. The number of likely N-dealkylation sites (tertiary alicyclic amines) is 1. The van der Waals surface area contributed by atoms with Gasteiger partial charge in [0.2, 0.25) is 0 Å². The summed E-state index contributed by atoms with van der Waals surface area (Å²) in [6.07, 6.45) is -2.14. The normalized spacial score (nSPS) is 19.8. The van der Waals surface area contributed by atoms with Crippen LogP contribution in [0.15, 0.2) is 36.4 Å². The zero-order chi connectivity index (χ0) is 30.3. The summed E-state index contributed by atoms with van der Waals surface area (Å²) >= 11 is 0. The Kier molecular flexibility index (Phi) is 7.97. The Bertz CT molecular complexity index is 1490. The molecule has 0 radical (unpaired) electrons. The van der Waals surface area contributed by atoms with E-state index in [1.54, 1.807) is 12.1 Å². The number of rotatable bonds is 6. The van der Waals surface area contributed by atoms with E-state index in [1.807, 2.05) is 29.2 Å². The van der Waals surface area contributed by atoms with E-state index in [0.717, 1.165) is 52.0 Å². The van der Waals surface area contributed by atoms with Crippen molar-refractivity contribution < 1.29 is 27.8 Å². The van der Waals surface area contributed by atoms with Crippen LogP contribution in [0.4, 0.5) is 24.7 Å². The number of anilines is 2. The molecule has 2 fully saturated rings. The number of aromatic nitrogens is 2. The Labute approximate surface area is 248 Å². The van der Waals surface area contributed by atoms with E-state index in [1.165, 1.54) is 0 Å². The van der Waals surface area contributed by atoms with Gasteiger partial charge in [0.05, 0.1) is 12.2 Å². The average molecular weight is 599 g/mol. The van der Waals surface area contributed by atoms with Crippen molar-refractivity contribution in [3.63, 3.8) is 0 Å². The molecule has 2 aromatic carbocycles. The first-order valence-electron chi connectivity index (χ1n) is 14.9. The van der Waals surface area contributed by atoms with Crippen molar-refractivity contribution in [2.75, 3.05) is 55.7 Å². The SMILES string of the molecule is CC(C)N1CCC[C@H]1COc1nc2c(c(N3CCN(C(=O)C(F)(F)F)CC3)n1)CCN(c1cc(O)cc3ccccc13)C2. The standard InChI is InChI=1S/C31H37F3N6O3/c1-20(2)40-10-5-7-22(40)19-43-30-35-26-18-39(27-17-23(41)16-21-6-3-4-8-24(21)27)11-9-25(26)28(36-30)37-12-14-38(15-13-37)29(42)31(32,33)34/h3-4,6,8,16-17,20,22,41H,5,7,9-15,18-19H2,1-2H3/t22-/m0/s1. The highest BCUT2D eigenvalue weighted by Gasteiger charge is 2.43. The van der Waals surface area contributed by atoms with Crippen LogP contribution in [0.3, 0.4) is 0 Å². The van der Waals surface area contributed by atoms with Gasteiger partial charge in [-0.15, -0.1) is 0 Å². The lowest BCUT2D eigenvalue weighted by Gasteiger charge is -2.38. The van der Waals surface area contributed by atoms with Gasteiger partial charge in [-0.1, -0.05) is 24.3 Å². The number of hydrogen-bond acceptors (Lipinski definition) is 8. The summed E-state index contributed by atoms with van der Waals surface area (Å²) in [6.45, 7) is 7.31. The zero-order valence-corrected chi connectivity index (χ0v) is 24.5. The quantitative estimate of drug-likeness (QED) is 0.448. The van der Waals surface area contributed by atoms with Crippen molar-refractivity contribution in [1.82, 2.24) is 19.8 Å². The summed E-state index contributed by atoms with van der Waals surface area (Å²) in [6, 6.07) is 12.3. The maximum atomic E-state index is 13.1. The molecule has 2 saturated heterocycles. The predicted octanol–water partition coefficient (Wildman–Crippen LogP) is 4.36. The van der Waals surface area contributed by atoms with Crippen molar-refractivity contribution in [2.45, 2.75) is 57.9 Å². The second-order valence-corrected chi connectivity index (χ2v) is 11.8. The first-order chi connectivity index (χ1) is 20.6. The lowest BCUT2D eigenvalue weighted by molar-refractivity contribution is -0.185. The van der Waals surface area contributed by atoms with Crippen molar-refractivity contribution in [1.29, 1.82) is 0 Å². The number of aromatic hydroxyl groups is 1. The third-order valence-corrected chi connectivity index (χ3v) is 8.79. The minimum atomic E-state index is -4.89. The maximum Gasteiger partial charge on any atom is 0.471 e. The Morgan fingerprint density at radius 2 is 1.81 bits per heavy atom. The number of hydrogen-bond donors (Lipinski definition) is 1.